The number of rotatable bonds is 4. The first-order valence-electron chi connectivity index (χ1n) is 9.22. The molecule has 2 aromatic rings. The lowest BCUT2D eigenvalue weighted by Gasteiger charge is -2.42. The van der Waals surface area contributed by atoms with E-state index < -0.39 is 0 Å². The summed E-state index contributed by atoms with van der Waals surface area (Å²) in [4.78, 5) is 17.9. The molecule has 2 N–H and O–H groups in total. The second kappa shape index (κ2) is 6.68. The maximum Gasteiger partial charge on any atom is 0.252 e. The SMILES string of the molecule is COc1ccc2cc(CN3CC[C@]4(OC)CC[C@H](O)C[C@H]34)c(=O)[nH]c2c1. The summed E-state index contributed by atoms with van der Waals surface area (Å²) in [6, 6.07) is 7.81. The summed E-state index contributed by atoms with van der Waals surface area (Å²) in [5, 5.41) is 11.1. The van der Waals surface area contributed by atoms with Crippen LogP contribution in [0, 0.1) is 0 Å². The van der Waals surface area contributed by atoms with Gasteiger partial charge in [-0.2, -0.15) is 0 Å². The highest BCUT2D eigenvalue weighted by Crippen LogP contribution is 2.42. The molecule has 1 aliphatic carbocycles. The summed E-state index contributed by atoms with van der Waals surface area (Å²) in [5.74, 6) is 0.724. The number of fused-ring (bicyclic) bond motifs is 2. The normalized spacial score (nSPS) is 29.0. The standard InChI is InChI=1S/C20H26N2O4/c1-25-16-4-3-13-9-14(19(24)21-17(13)11-16)12-22-8-7-20(26-2)6-5-15(23)10-18(20)22/h3-4,9,11,15,18,23H,5-8,10,12H2,1-2H3,(H,21,24)/t15-,18-,20+/m0/s1. The van der Waals surface area contributed by atoms with Crippen LogP contribution in [0.2, 0.25) is 0 Å². The van der Waals surface area contributed by atoms with Gasteiger partial charge in [0.2, 0.25) is 0 Å². The third kappa shape index (κ3) is 2.92. The molecule has 1 saturated heterocycles. The monoisotopic (exact) mass is 358 g/mol. The molecule has 0 spiro atoms. The fourth-order valence-electron chi connectivity index (χ4n) is 4.65. The Balaban J connectivity index is 1.62. The predicted octanol–water partition coefficient (Wildman–Crippen LogP) is 2.04. The van der Waals surface area contributed by atoms with Crippen molar-refractivity contribution in [1.29, 1.82) is 0 Å². The van der Waals surface area contributed by atoms with Crippen molar-refractivity contribution < 1.29 is 14.6 Å². The molecule has 0 unspecified atom stereocenters. The van der Waals surface area contributed by atoms with Gasteiger partial charge in [-0.1, -0.05) is 0 Å². The number of nitrogens with one attached hydrogen (secondary N) is 1. The van der Waals surface area contributed by atoms with Crippen molar-refractivity contribution in [2.75, 3.05) is 20.8 Å². The van der Waals surface area contributed by atoms with Crippen LogP contribution in [0.1, 0.15) is 31.2 Å². The van der Waals surface area contributed by atoms with Gasteiger partial charge >= 0.3 is 0 Å². The van der Waals surface area contributed by atoms with Crippen LogP contribution in [0.15, 0.2) is 29.1 Å². The van der Waals surface area contributed by atoms with Crippen molar-refractivity contribution in [2.45, 2.75) is 50.0 Å². The van der Waals surface area contributed by atoms with Crippen molar-refractivity contribution >= 4 is 10.9 Å². The van der Waals surface area contributed by atoms with Crippen LogP contribution >= 0.6 is 0 Å². The van der Waals surface area contributed by atoms with Gasteiger partial charge in [0.15, 0.2) is 0 Å². The van der Waals surface area contributed by atoms with Gasteiger partial charge in [-0.15, -0.1) is 0 Å². The predicted molar refractivity (Wildman–Crippen MR) is 99.5 cm³/mol. The van der Waals surface area contributed by atoms with Crippen LogP contribution in [0.3, 0.4) is 0 Å². The number of aromatic amines is 1. The van der Waals surface area contributed by atoms with E-state index in [-0.39, 0.29) is 23.3 Å². The minimum Gasteiger partial charge on any atom is -0.497 e. The minimum absolute atomic E-state index is 0.0722. The van der Waals surface area contributed by atoms with Gasteiger partial charge in [0.25, 0.3) is 5.56 Å². The molecule has 140 valence electrons. The second-order valence-corrected chi connectivity index (χ2v) is 7.51. The van der Waals surface area contributed by atoms with E-state index in [2.05, 4.69) is 9.88 Å². The quantitative estimate of drug-likeness (QED) is 0.875. The van der Waals surface area contributed by atoms with Crippen LogP contribution in [0.5, 0.6) is 5.75 Å². The summed E-state index contributed by atoms with van der Waals surface area (Å²) in [6.45, 7) is 1.45. The Kier molecular flexibility index (Phi) is 4.50. The molecular weight excluding hydrogens is 332 g/mol. The number of H-pyrrole nitrogens is 1. The van der Waals surface area contributed by atoms with E-state index in [4.69, 9.17) is 9.47 Å². The number of ether oxygens (including phenoxy) is 2. The Morgan fingerprint density at radius 2 is 2.15 bits per heavy atom. The Morgan fingerprint density at radius 3 is 2.92 bits per heavy atom. The van der Waals surface area contributed by atoms with Gasteiger partial charge in [0.05, 0.1) is 24.3 Å². The number of aliphatic hydroxyl groups is 1. The molecule has 26 heavy (non-hydrogen) atoms. The number of methoxy groups -OCH3 is 2. The number of aromatic nitrogens is 1. The Bertz CT molecular complexity index is 865. The summed E-state index contributed by atoms with van der Waals surface area (Å²) in [7, 11) is 3.38. The van der Waals surface area contributed by atoms with Crippen LogP contribution in [0.4, 0.5) is 0 Å². The van der Waals surface area contributed by atoms with Crippen LogP contribution in [-0.2, 0) is 11.3 Å². The largest absolute Gasteiger partial charge is 0.497 e. The molecule has 6 nitrogen and oxygen atoms in total. The molecule has 1 aliphatic heterocycles. The smallest absolute Gasteiger partial charge is 0.252 e. The van der Waals surface area contributed by atoms with Crippen LogP contribution in [-0.4, -0.2) is 53.5 Å². The van der Waals surface area contributed by atoms with Crippen molar-refractivity contribution in [2.24, 2.45) is 0 Å². The first-order chi connectivity index (χ1) is 12.5. The fourth-order valence-corrected chi connectivity index (χ4v) is 4.65. The summed E-state index contributed by atoms with van der Waals surface area (Å²) < 4.78 is 11.1. The number of benzene rings is 1. The first kappa shape index (κ1) is 17.5. The van der Waals surface area contributed by atoms with Crippen molar-refractivity contribution in [3.8, 4) is 5.75 Å². The van der Waals surface area contributed by atoms with E-state index in [1.807, 2.05) is 24.3 Å². The summed E-state index contributed by atoms with van der Waals surface area (Å²) in [5.41, 5.74) is 1.27. The lowest BCUT2D eigenvalue weighted by atomic mass is 9.79. The molecular formula is C20H26N2O4. The molecule has 0 bridgehead atoms. The van der Waals surface area contributed by atoms with E-state index >= 15 is 0 Å². The zero-order chi connectivity index (χ0) is 18.3. The van der Waals surface area contributed by atoms with E-state index in [1.165, 1.54) is 0 Å². The zero-order valence-corrected chi connectivity index (χ0v) is 15.3. The number of hydrogen-bond donors (Lipinski definition) is 2. The zero-order valence-electron chi connectivity index (χ0n) is 15.3. The Labute approximate surface area is 152 Å². The number of aliphatic hydroxyl groups excluding tert-OH is 1. The van der Waals surface area contributed by atoms with Gasteiger partial charge in [0, 0.05) is 37.9 Å². The molecule has 1 saturated carbocycles. The second-order valence-electron chi connectivity index (χ2n) is 7.51. The summed E-state index contributed by atoms with van der Waals surface area (Å²) >= 11 is 0. The topological polar surface area (TPSA) is 74.8 Å². The molecule has 0 amide bonds. The van der Waals surface area contributed by atoms with Gasteiger partial charge in [-0.3, -0.25) is 9.69 Å². The highest BCUT2D eigenvalue weighted by Gasteiger charge is 2.50. The molecule has 1 aromatic heterocycles. The maximum absolute atomic E-state index is 12.6. The number of hydrogen-bond acceptors (Lipinski definition) is 5. The molecule has 3 atom stereocenters. The molecule has 6 heteroatoms. The lowest BCUT2D eigenvalue weighted by Crippen LogP contribution is -2.51. The lowest BCUT2D eigenvalue weighted by molar-refractivity contribution is -0.0879. The third-order valence-electron chi connectivity index (χ3n) is 6.18. The average molecular weight is 358 g/mol. The molecule has 2 fully saturated rings. The highest BCUT2D eigenvalue weighted by molar-refractivity contribution is 5.80. The van der Waals surface area contributed by atoms with Crippen molar-refractivity contribution in [3.63, 3.8) is 0 Å². The van der Waals surface area contributed by atoms with Gasteiger partial charge in [0.1, 0.15) is 5.75 Å². The maximum atomic E-state index is 12.6. The van der Waals surface area contributed by atoms with Gasteiger partial charge < -0.3 is 19.6 Å². The molecule has 0 radical (unpaired) electrons. The van der Waals surface area contributed by atoms with E-state index in [1.54, 1.807) is 14.2 Å². The van der Waals surface area contributed by atoms with Crippen molar-refractivity contribution in [1.82, 2.24) is 9.88 Å². The molecule has 1 aromatic carbocycles. The van der Waals surface area contributed by atoms with E-state index in [0.717, 1.165) is 48.0 Å². The number of likely N-dealkylation sites (tertiary alicyclic amines) is 1. The molecule has 2 heterocycles. The number of pyridine rings is 1. The molecule has 2 aliphatic rings. The van der Waals surface area contributed by atoms with Crippen molar-refractivity contribution in [3.05, 3.63) is 40.2 Å². The minimum atomic E-state index is -0.286. The van der Waals surface area contributed by atoms with E-state index in [0.29, 0.717) is 13.0 Å². The highest BCUT2D eigenvalue weighted by atomic mass is 16.5. The third-order valence-corrected chi connectivity index (χ3v) is 6.18. The Morgan fingerprint density at radius 1 is 1.31 bits per heavy atom. The number of nitrogens with zero attached hydrogens (tertiary/aromatic N) is 1. The Hall–Kier alpha value is -1.89. The molecule has 4 rings (SSSR count). The van der Waals surface area contributed by atoms with Gasteiger partial charge in [-0.25, -0.2) is 0 Å². The summed E-state index contributed by atoms with van der Waals surface area (Å²) in [6.07, 6.45) is 3.03. The van der Waals surface area contributed by atoms with Gasteiger partial charge in [-0.05, 0) is 49.3 Å². The fraction of sp³-hybridized carbons (Fsp3) is 0.550. The van der Waals surface area contributed by atoms with Crippen LogP contribution in [0.25, 0.3) is 10.9 Å². The average Bonchev–Trinajstić information content (AvgIpc) is 3.00. The van der Waals surface area contributed by atoms with E-state index in [9.17, 15) is 9.90 Å². The first-order valence-corrected chi connectivity index (χ1v) is 9.22. The van der Waals surface area contributed by atoms with Crippen LogP contribution < -0.4 is 10.3 Å².